The molecule has 3 aromatic rings. The zero-order valence-electron chi connectivity index (χ0n) is 20.4. The summed E-state index contributed by atoms with van der Waals surface area (Å²) in [7, 11) is 0. The van der Waals surface area contributed by atoms with Crippen LogP contribution in [0.3, 0.4) is 0 Å². The monoisotopic (exact) mass is 590 g/mol. The Kier molecular flexibility index (Phi) is 9.83. The van der Waals surface area contributed by atoms with Gasteiger partial charge in [-0.05, 0) is 78.2 Å². The maximum absolute atomic E-state index is 13.6. The SMILES string of the molecule is CC(C)(C)NC(=O)[C@H](Cc1ccccc1)N(Cc1ccc(Cl)cc1)C(=O)COc1ccc(Cl)cc1Br. The van der Waals surface area contributed by atoms with E-state index in [-0.39, 0.29) is 25.0 Å². The Morgan fingerprint density at radius 1 is 0.944 bits per heavy atom. The van der Waals surface area contributed by atoms with Crippen LogP contribution in [0.2, 0.25) is 10.0 Å². The van der Waals surface area contributed by atoms with Crippen LogP contribution in [0.15, 0.2) is 77.3 Å². The lowest BCUT2D eigenvalue weighted by atomic mass is 10.0. The lowest BCUT2D eigenvalue weighted by molar-refractivity contribution is -0.143. The zero-order valence-corrected chi connectivity index (χ0v) is 23.5. The summed E-state index contributed by atoms with van der Waals surface area (Å²) in [5, 5.41) is 4.19. The summed E-state index contributed by atoms with van der Waals surface area (Å²) in [5.74, 6) is -0.0731. The number of nitrogens with zero attached hydrogens (tertiary/aromatic N) is 1. The highest BCUT2D eigenvalue weighted by Gasteiger charge is 2.32. The summed E-state index contributed by atoms with van der Waals surface area (Å²) < 4.78 is 6.46. The Balaban J connectivity index is 1.93. The first-order valence-corrected chi connectivity index (χ1v) is 13.0. The van der Waals surface area contributed by atoms with Gasteiger partial charge in [0.2, 0.25) is 5.91 Å². The van der Waals surface area contributed by atoms with E-state index in [9.17, 15) is 9.59 Å². The van der Waals surface area contributed by atoms with Crippen molar-refractivity contribution < 1.29 is 14.3 Å². The molecule has 2 amide bonds. The Labute approximate surface area is 230 Å². The van der Waals surface area contributed by atoms with Crippen molar-refractivity contribution in [2.75, 3.05) is 6.61 Å². The molecule has 0 saturated heterocycles. The van der Waals surface area contributed by atoms with Crippen LogP contribution >= 0.6 is 39.1 Å². The third-order valence-electron chi connectivity index (χ3n) is 5.28. The highest BCUT2D eigenvalue weighted by molar-refractivity contribution is 9.10. The van der Waals surface area contributed by atoms with Gasteiger partial charge in [-0.3, -0.25) is 9.59 Å². The summed E-state index contributed by atoms with van der Waals surface area (Å²) in [5.41, 5.74) is 1.33. The fraction of sp³-hybridized carbons (Fsp3) is 0.286. The van der Waals surface area contributed by atoms with Crippen molar-refractivity contribution >= 4 is 50.9 Å². The molecule has 0 aromatic heterocycles. The number of carbonyl (C=O) groups excluding carboxylic acids is 2. The van der Waals surface area contributed by atoms with Crippen molar-refractivity contribution in [3.63, 3.8) is 0 Å². The second kappa shape index (κ2) is 12.6. The Bertz CT molecular complexity index is 1180. The number of halogens is 3. The average Bonchev–Trinajstić information content (AvgIpc) is 2.81. The highest BCUT2D eigenvalue weighted by Crippen LogP contribution is 2.28. The minimum atomic E-state index is -0.757. The fourth-order valence-corrected chi connectivity index (χ4v) is 4.53. The third-order valence-corrected chi connectivity index (χ3v) is 6.39. The predicted octanol–water partition coefficient (Wildman–Crippen LogP) is 6.69. The molecular formula is C28H29BrCl2N2O3. The molecule has 8 heteroatoms. The van der Waals surface area contributed by atoms with E-state index < -0.39 is 11.6 Å². The molecule has 3 aromatic carbocycles. The van der Waals surface area contributed by atoms with Crippen LogP contribution in [0, 0.1) is 0 Å². The number of hydrogen-bond acceptors (Lipinski definition) is 3. The Hall–Kier alpha value is -2.54. The normalized spacial score (nSPS) is 12.1. The van der Waals surface area contributed by atoms with Gasteiger partial charge in [0.25, 0.3) is 5.91 Å². The van der Waals surface area contributed by atoms with E-state index in [2.05, 4.69) is 21.2 Å². The largest absolute Gasteiger partial charge is 0.483 e. The summed E-state index contributed by atoms with van der Waals surface area (Å²) >= 11 is 15.5. The first-order valence-electron chi connectivity index (χ1n) is 11.5. The molecule has 0 aliphatic carbocycles. The van der Waals surface area contributed by atoms with Gasteiger partial charge in [-0.2, -0.15) is 0 Å². The van der Waals surface area contributed by atoms with Gasteiger partial charge in [-0.1, -0.05) is 65.7 Å². The van der Waals surface area contributed by atoms with Crippen molar-refractivity contribution in [3.05, 3.63) is 98.4 Å². The molecule has 0 radical (unpaired) electrons. The Morgan fingerprint density at radius 2 is 1.58 bits per heavy atom. The quantitative estimate of drug-likeness (QED) is 0.302. The maximum Gasteiger partial charge on any atom is 0.261 e. The van der Waals surface area contributed by atoms with Crippen LogP contribution in [0.4, 0.5) is 0 Å². The van der Waals surface area contributed by atoms with Crippen LogP contribution in [0.5, 0.6) is 5.75 Å². The standard InChI is InChI=1S/C28H29BrCl2N2O3/c1-28(2,3)32-27(35)24(15-19-7-5-4-6-8-19)33(17-20-9-11-21(30)12-10-20)26(34)18-36-25-14-13-22(31)16-23(25)29/h4-14,16,24H,15,17-18H2,1-3H3,(H,32,35)/t24-/m0/s1. The molecule has 190 valence electrons. The van der Waals surface area contributed by atoms with Crippen molar-refractivity contribution in [1.82, 2.24) is 10.2 Å². The van der Waals surface area contributed by atoms with Gasteiger partial charge in [-0.15, -0.1) is 0 Å². The summed E-state index contributed by atoms with van der Waals surface area (Å²) in [4.78, 5) is 28.7. The van der Waals surface area contributed by atoms with Crippen LogP contribution in [0.1, 0.15) is 31.9 Å². The number of nitrogens with one attached hydrogen (secondary N) is 1. The fourth-order valence-electron chi connectivity index (χ4n) is 3.61. The topological polar surface area (TPSA) is 58.6 Å². The summed E-state index contributed by atoms with van der Waals surface area (Å²) in [6.07, 6.45) is 0.354. The number of rotatable bonds is 9. The third kappa shape index (κ3) is 8.54. The number of hydrogen-bond donors (Lipinski definition) is 1. The number of carbonyl (C=O) groups is 2. The molecule has 0 aliphatic heterocycles. The van der Waals surface area contributed by atoms with Gasteiger partial charge in [0.1, 0.15) is 11.8 Å². The summed E-state index contributed by atoms with van der Waals surface area (Å²) in [6.45, 7) is 5.71. The summed E-state index contributed by atoms with van der Waals surface area (Å²) in [6, 6.07) is 21.2. The van der Waals surface area contributed by atoms with Crippen molar-refractivity contribution in [2.45, 2.75) is 45.3 Å². The van der Waals surface area contributed by atoms with Crippen LogP contribution in [0.25, 0.3) is 0 Å². The average molecular weight is 592 g/mol. The van der Waals surface area contributed by atoms with E-state index in [4.69, 9.17) is 27.9 Å². The van der Waals surface area contributed by atoms with Gasteiger partial charge < -0.3 is 15.0 Å². The predicted molar refractivity (Wildman–Crippen MR) is 148 cm³/mol. The highest BCUT2D eigenvalue weighted by atomic mass is 79.9. The minimum absolute atomic E-state index is 0.218. The van der Waals surface area contributed by atoms with Crippen LogP contribution < -0.4 is 10.1 Å². The van der Waals surface area contributed by atoms with Crippen molar-refractivity contribution in [1.29, 1.82) is 0 Å². The minimum Gasteiger partial charge on any atom is -0.483 e. The van der Waals surface area contributed by atoms with Gasteiger partial charge in [0, 0.05) is 28.5 Å². The molecule has 5 nitrogen and oxygen atoms in total. The molecule has 0 aliphatic rings. The molecule has 1 N–H and O–H groups in total. The molecule has 0 unspecified atom stereocenters. The van der Waals surface area contributed by atoms with Gasteiger partial charge in [0.05, 0.1) is 4.47 Å². The van der Waals surface area contributed by atoms with Crippen molar-refractivity contribution in [3.8, 4) is 5.75 Å². The molecule has 0 bridgehead atoms. The van der Waals surface area contributed by atoms with E-state index in [1.807, 2.05) is 63.2 Å². The van der Waals surface area contributed by atoms with Gasteiger partial charge in [-0.25, -0.2) is 0 Å². The second-order valence-electron chi connectivity index (χ2n) is 9.46. The molecular weight excluding hydrogens is 563 g/mol. The second-order valence-corrected chi connectivity index (χ2v) is 11.2. The van der Waals surface area contributed by atoms with Gasteiger partial charge in [0.15, 0.2) is 6.61 Å². The number of amides is 2. The Morgan fingerprint density at radius 3 is 2.19 bits per heavy atom. The van der Waals surface area contributed by atoms with E-state index in [0.29, 0.717) is 26.7 Å². The number of benzene rings is 3. The maximum atomic E-state index is 13.6. The van der Waals surface area contributed by atoms with E-state index in [0.717, 1.165) is 11.1 Å². The van der Waals surface area contributed by atoms with Crippen LogP contribution in [-0.4, -0.2) is 34.9 Å². The molecule has 0 spiro atoms. The smallest absolute Gasteiger partial charge is 0.261 e. The van der Waals surface area contributed by atoms with Gasteiger partial charge >= 0.3 is 0 Å². The van der Waals surface area contributed by atoms with Crippen LogP contribution in [-0.2, 0) is 22.6 Å². The molecule has 1 atom stereocenters. The van der Waals surface area contributed by atoms with Crippen molar-refractivity contribution in [2.24, 2.45) is 0 Å². The lowest BCUT2D eigenvalue weighted by Crippen LogP contribution is -2.55. The van der Waals surface area contributed by atoms with E-state index in [1.54, 1.807) is 35.2 Å². The molecule has 0 heterocycles. The zero-order chi connectivity index (χ0) is 26.3. The van der Waals surface area contributed by atoms with E-state index >= 15 is 0 Å². The molecule has 0 saturated carbocycles. The number of ether oxygens (including phenoxy) is 1. The lowest BCUT2D eigenvalue weighted by Gasteiger charge is -2.33. The molecule has 0 fully saturated rings. The first kappa shape index (κ1) is 28.0. The molecule has 36 heavy (non-hydrogen) atoms. The molecule has 3 rings (SSSR count). The first-order chi connectivity index (χ1) is 17.0. The van der Waals surface area contributed by atoms with E-state index in [1.165, 1.54) is 0 Å².